The number of thiocarbonyl (C=S) groups is 1. The molecule has 0 unspecified atom stereocenters. The van der Waals surface area contributed by atoms with E-state index in [0.717, 1.165) is 17.7 Å². The van der Waals surface area contributed by atoms with Gasteiger partial charge < -0.3 is 10.6 Å². The van der Waals surface area contributed by atoms with Crippen LogP contribution >= 0.6 is 12.2 Å². The lowest BCUT2D eigenvalue weighted by molar-refractivity contribution is 0.590. The minimum absolute atomic E-state index is 0.0795. The van der Waals surface area contributed by atoms with Crippen LogP contribution in [0.4, 0.5) is 18.9 Å². The van der Waals surface area contributed by atoms with Crippen LogP contribution in [0.25, 0.3) is 0 Å². The summed E-state index contributed by atoms with van der Waals surface area (Å²) >= 11 is 5.03. The van der Waals surface area contributed by atoms with E-state index >= 15 is 0 Å². The molecule has 1 atom stereocenters. The van der Waals surface area contributed by atoms with Crippen molar-refractivity contribution in [1.82, 2.24) is 5.32 Å². The monoisotopic (exact) mass is 310 g/mol. The maximum Gasteiger partial charge on any atom is 0.171 e. The average Bonchev–Trinajstić information content (AvgIpc) is 2.43. The summed E-state index contributed by atoms with van der Waals surface area (Å²) in [5.41, 5.74) is 0.496. The summed E-state index contributed by atoms with van der Waals surface area (Å²) in [6.45, 7) is 1.80. The van der Waals surface area contributed by atoms with E-state index in [9.17, 15) is 13.2 Å². The van der Waals surface area contributed by atoms with Crippen LogP contribution in [-0.4, -0.2) is 5.11 Å². The predicted molar refractivity (Wildman–Crippen MR) is 80.5 cm³/mol. The number of benzene rings is 2. The second kappa shape index (κ2) is 6.58. The summed E-state index contributed by atoms with van der Waals surface area (Å²) in [6.07, 6.45) is 0. The third kappa shape index (κ3) is 3.95. The van der Waals surface area contributed by atoms with E-state index in [4.69, 9.17) is 12.2 Å². The van der Waals surface area contributed by atoms with Crippen molar-refractivity contribution in [1.29, 1.82) is 0 Å². The second-order valence-electron chi connectivity index (χ2n) is 4.47. The van der Waals surface area contributed by atoms with Gasteiger partial charge in [-0.2, -0.15) is 0 Å². The third-order valence-electron chi connectivity index (χ3n) is 2.92. The lowest BCUT2D eigenvalue weighted by atomic mass is 10.1. The van der Waals surface area contributed by atoms with E-state index in [1.165, 1.54) is 18.2 Å². The molecule has 2 aromatic carbocycles. The van der Waals surface area contributed by atoms with Crippen LogP contribution < -0.4 is 10.6 Å². The van der Waals surface area contributed by atoms with Gasteiger partial charge in [-0.3, -0.25) is 0 Å². The second-order valence-corrected chi connectivity index (χ2v) is 4.88. The molecule has 2 N–H and O–H groups in total. The fourth-order valence-corrected chi connectivity index (χ4v) is 2.08. The summed E-state index contributed by atoms with van der Waals surface area (Å²) in [4.78, 5) is 0. The fraction of sp³-hybridized carbons (Fsp3) is 0.133. The normalized spacial score (nSPS) is 11.8. The Kier molecular flexibility index (Phi) is 4.80. The Morgan fingerprint density at radius 2 is 1.57 bits per heavy atom. The maximum absolute atomic E-state index is 13.5. The standard InChI is InChI=1S/C15H13F3N2S/c1-9(10-5-7-11(16)8-6-10)19-15(21)20-14-12(17)3-2-4-13(14)18/h2-9H,1H3,(H2,19,20,21)/t9-/m1/s1. The van der Waals surface area contributed by atoms with Gasteiger partial charge in [0.2, 0.25) is 0 Å². The summed E-state index contributed by atoms with van der Waals surface area (Å²) in [5, 5.41) is 5.45. The highest BCUT2D eigenvalue weighted by molar-refractivity contribution is 7.80. The van der Waals surface area contributed by atoms with Gasteiger partial charge in [-0.1, -0.05) is 18.2 Å². The molecule has 0 aliphatic heterocycles. The maximum atomic E-state index is 13.5. The van der Waals surface area contributed by atoms with Crippen molar-refractivity contribution < 1.29 is 13.2 Å². The summed E-state index contributed by atoms with van der Waals surface area (Å²) < 4.78 is 39.8. The number of hydrogen-bond donors (Lipinski definition) is 2. The molecule has 0 amide bonds. The van der Waals surface area contributed by atoms with Gasteiger partial charge in [0, 0.05) is 0 Å². The zero-order valence-corrected chi connectivity index (χ0v) is 12.0. The van der Waals surface area contributed by atoms with E-state index in [1.807, 2.05) is 0 Å². The quantitative estimate of drug-likeness (QED) is 0.833. The van der Waals surface area contributed by atoms with Crippen molar-refractivity contribution in [3.8, 4) is 0 Å². The molecule has 0 aliphatic carbocycles. The van der Waals surface area contributed by atoms with Gasteiger partial charge in [-0.15, -0.1) is 0 Å². The zero-order chi connectivity index (χ0) is 15.4. The Morgan fingerprint density at radius 3 is 2.14 bits per heavy atom. The van der Waals surface area contributed by atoms with Crippen molar-refractivity contribution in [2.45, 2.75) is 13.0 Å². The first-order valence-electron chi connectivity index (χ1n) is 6.24. The highest BCUT2D eigenvalue weighted by Gasteiger charge is 2.12. The molecule has 0 saturated heterocycles. The molecule has 6 heteroatoms. The van der Waals surface area contributed by atoms with Gasteiger partial charge in [0.25, 0.3) is 0 Å². The minimum atomic E-state index is -0.728. The molecule has 2 aromatic rings. The van der Waals surface area contributed by atoms with Crippen LogP contribution in [0.1, 0.15) is 18.5 Å². The van der Waals surface area contributed by atoms with Gasteiger partial charge in [-0.05, 0) is 49.0 Å². The molecule has 2 nitrogen and oxygen atoms in total. The van der Waals surface area contributed by atoms with Crippen LogP contribution in [0.2, 0.25) is 0 Å². The van der Waals surface area contributed by atoms with Crippen LogP contribution in [0.15, 0.2) is 42.5 Å². The van der Waals surface area contributed by atoms with Crippen LogP contribution in [0.5, 0.6) is 0 Å². The largest absolute Gasteiger partial charge is 0.356 e. The first-order valence-corrected chi connectivity index (χ1v) is 6.65. The Hall–Kier alpha value is -2.08. The molecule has 21 heavy (non-hydrogen) atoms. The number of anilines is 1. The number of halogens is 3. The number of nitrogens with one attached hydrogen (secondary N) is 2. The van der Waals surface area contributed by atoms with E-state index in [-0.39, 0.29) is 22.7 Å². The van der Waals surface area contributed by atoms with Crippen molar-refractivity contribution >= 4 is 23.0 Å². The summed E-state index contributed by atoms with van der Waals surface area (Å²) in [6, 6.07) is 9.20. The first-order chi connectivity index (χ1) is 9.97. The van der Waals surface area contributed by atoms with Crippen molar-refractivity contribution in [2.75, 3.05) is 5.32 Å². The molecule has 0 aromatic heterocycles. The summed E-state index contributed by atoms with van der Waals surface area (Å²) in [5.74, 6) is -1.79. The van der Waals surface area contributed by atoms with Gasteiger partial charge in [-0.25, -0.2) is 13.2 Å². The van der Waals surface area contributed by atoms with E-state index < -0.39 is 11.6 Å². The van der Waals surface area contributed by atoms with Crippen molar-refractivity contribution in [2.24, 2.45) is 0 Å². The Labute approximate surface area is 126 Å². The third-order valence-corrected chi connectivity index (χ3v) is 3.14. The lowest BCUT2D eigenvalue weighted by Crippen LogP contribution is -2.31. The summed E-state index contributed by atoms with van der Waals surface area (Å²) in [7, 11) is 0. The molecular weight excluding hydrogens is 297 g/mol. The molecule has 0 spiro atoms. The van der Waals surface area contributed by atoms with Gasteiger partial charge in [0.15, 0.2) is 5.11 Å². The molecule has 110 valence electrons. The molecule has 0 saturated carbocycles. The molecular formula is C15H13F3N2S. The number of hydrogen-bond acceptors (Lipinski definition) is 1. The van der Waals surface area contributed by atoms with E-state index in [2.05, 4.69) is 10.6 Å². The topological polar surface area (TPSA) is 24.1 Å². The van der Waals surface area contributed by atoms with Crippen LogP contribution in [-0.2, 0) is 0 Å². The molecule has 0 radical (unpaired) electrons. The molecule has 2 rings (SSSR count). The molecule has 0 heterocycles. The predicted octanol–water partition coefficient (Wildman–Crippen LogP) is 4.15. The molecule has 0 aliphatic rings. The average molecular weight is 310 g/mol. The lowest BCUT2D eigenvalue weighted by Gasteiger charge is -2.18. The fourth-order valence-electron chi connectivity index (χ4n) is 1.80. The first kappa shape index (κ1) is 15.3. The number of rotatable bonds is 3. The van der Waals surface area contributed by atoms with E-state index in [1.54, 1.807) is 19.1 Å². The van der Waals surface area contributed by atoms with Gasteiger partial charge in [0.05, 0.1) is 6.04 Å². The van der Waals surface area contributed by atoms with Gasteiger partial charge >= 0.3 is 0 Å². The van der Waals surface area contributed by atoms with E-state index in [0.29, 0.717) is 0 Å². The highest BCUT2D eigenvalue weighted by Crippen LogP contribution is 2.18. The Morgan fingerprint density at radius 1 is 1.00 bits per heavy atom. The highest BCUT2D eigenvalue weighted by atomic mass is 32.1. The molecule has 0 fully saturated rings. The van der Waals surface area contributed by atoms with Crippen molar-refractivity contribution in [3.63, 3.8) is 0 Å². The minimum Gasteiger partial charge on any atom is -0.356 e. The van der Waals surface area contributed by atoms with Crippen LogP contribution in [0.3, 0.4) is 0 Å². The Balaban J connectivity index is 2.03. The van der Waals surface area contributed by atoms with Crippen molar-refractivity contribution in [3.05, 3.63) is 65.5 Å². The van der Waals surface area contributed by atoms with Crippen LogP contribution in [0, 0.1) is 17.5 Å². The SMILES string of the molecule is C[C@@H](NC(=S)Nc1c(F)cccc1F)c1ccc(F)cc1. The Bertz CT molecular complexity index is 624. The molecule has 0 bridgehead atoms. The van der Waals surface area contributed by atoms with Gasteiger partial charge in [0.1, 0.15) is 23.1 Å². The smallest absolute Gasteiger partial charge is 0.171 e. The zero-order valence-electron chi connectivity index (χ0n) is 11.2. The number of para-hydroxylation sites is 1.